The highest BCUT2D eigenvalue weighted by atomic mass is 32.1. The topological polar surface area (TPSA) is 72.5 Å². The van der Waals surface area contributed by atoms with Gasteiger partial charge in [0.05, 0.1) is 6.10 Å². The number of nitrogens with two attached hydrogens (primary N) is 1. The van der Waals surface area contributed by atoms with E-state index in [1.807, 2.05) is 47.8 Å². The summed E-state index contributed by atoms with van der Waals surface area (Å²) < 4.78 is 6.71. The van der Waals surface area contributed by atoms with E-state index in [0.717, 1.165) is 38.3 Å². The highest BCUT2D eigenvalue weighted by Crippen LogP contribution is 2.55. The summed E-state index contributed by atoms with van der Waals surface area (Å²) in [6, 6.07) is 27.7. The van der Waals surface area contributed by atoms with Gasteiger partial charge in [0.15, 0.2) is 5.60 Å². The summed E-state index contributed by atoms with van der Waals surface area (Å²) >= 11 is 1.60. The molecular formula is C27H23NO3S. The largest absolute Gasteiger partial charge is 0.480 e. The number of ether oxygens (including phenoxy) is 1. The molecule has 1 heterocycles. The SMILES string of the molecule is C[C@@H](OC1(c2cccs2)c2ccccc2-c2ccc(-c3ccccc3)cc21)[C@H](N)C(=O)O. The molecule has 3 aromatic carbocycles. The molecule has 5 heteroatoms. The molecule has 0 amide bonds. The summed E-state index contributed by atoms with van der Waals surface area (Å²) in [5, 5.41) is 11.5. The Morgan fingerprint density at radius 1 is 0.906 bits per heavy atom. The van der Waals surface area contributed by atoms with Gasteiger partial charge >= 0.3 is 5.97 Å². The first-order valence-corrected chi connectivity index (χ1v) is 11.4. The van der Waals surface area contributed by atoms with E-state index in [4.69, 9.17) is 10.5 Å². The molecule has 1 unspecified atom stereocenters. The maximum absolute atomic E-state index is 11.6. The maximum atomic E-state index is 11.6. The van der Waals surface area contributed by atoms with Crippen LogP contribution in [0.25, 0.3) is 22.3 Å². The van der Waals surface area contributed by atoms with E-state index in [0.29, 0.717) is 0 Å². The summed E-state index contributed by atoms with van der Waals surface area (Å²) in [4.78, 5) is 12.6. The van der Waals surface area contributed by atoms with Crippen LogP contribution in [0.3, 0.4) is 0 Å². The van der Waals surface area contributed by atoms with Crippen molar-refractivity contribution in [2.24, 2.45) is 5.73 Å². The van der Waals surface area contributed by atoms with E-state index in [9.17, 15) is 9.90 Å². The summed E-state index contributed by atoms with van der Waals surface area (Å²) in [5.41, 5.74) is 11.4. The fraction of sp³-hybridized carbons (Fsp3) is 0.148. The van der Waals surface area contributed by atoms with E-state index >= 15 is 0 Å². The van der Waals surface area contributed by atoms with Crippen molar-refractivity contribution < 1.29 is 14.6 Å². The lowest BCUT2D eigenvalue weighted by molar-refractivity contribution is -0.144. The smallest absolute Gasteiger partial charge is 0.323 e. The van der Waals surface area contributed by atoms with Crippen molar-refractivity contribution >= 4 is 17.3 Å². The number of carbonyl (C=O) groups is 1. The Bertz CT molecular complexity index is 1270. The number of hydrogen-bond donors (Lipinski definition) is 2. The van der Waals surface area contributed by atoms with Crippen LogP contribution in [0.2, 0.25) is 0 Å². The minimum atomic E-state index is -1.14. The van der Waals surface area contributed by atoms with Gasteiger partial charge < -0.3 is 15.6 Å². The van der Waals surface area contributed by atoms with Gasteiger partial charge in [0.25, 0.3) is 0 Å². The number of thiophene rings is 1. The average molecular weight is 442 g/mol. The summed E-state index contributed by atoms with van der Waals surface area (Å²) in [6.45, 7) is 1.73. The van der Waals surface area contributed by atoms with Gasteiger partial charge in [-0.3, -0.25) is 4.79 Å². The Hall–Kier alpha value is -3.25. The second-order valence-corrected chi connectivity index (χ2v) is 8.97. The van der Waals surface area contributed by atoms with E-state index in [2.05, 4.69) is 42.5 Å². The average Bonchev–Trinajstić information content (AvgIpc) is 3.45. The number of benzene rings is 3. The maximum Gasteiger partial charge on any atom is 0.323 e. The Kier molecular flexibility index (Phi) is 5.18. The molecule has 32 heavy (non-hydrogen) atoms. The molecular weight excluding hydrogens is 418 g/mol. The lowest BCUT2D eigenvalue weighted by Gasteiger charge is -2.35. The van der Waals surface area contributed by atoms with Crippen LogP contribution < -0.4 is 5.73 Å². The second-order valence-electron chi connectivity index (χ2n) is 8.02. The number of hydrogen-bond acceptors (Lipinski definition) is 4. The molecule has 0 fully saturated rings. The molecule has 0 spiro atoms. The zero-order valence-corrected chi connectivity index (χ0v) is 18.4. The third kappa shape index (κ3) is 3.17. The quantitative estimate of drug-likeness (QED) is 0.414. The predicted octanol–water partition coefficient (Wildman–Crippen LogP) is 5.50. The predicted molar refractivity (Wildman–Crippen MR) is 128 cm³/mol. The van der Waals surface area contributed by atoms with Crippen LogP contribution in [-0.2, 0) is 15.1 Å². The third-order valence-electron chi connectivity index (χ3n) is 6.12. The van der Waals surface area contributed by atoms with Crippen molar-refractivity contribution in [3.63, 3.8) is 0 Å². The van der Waals surface area contributed by atoms with Crippen LogP contribution >= 0.6 is 11.3 Å². The molecule has 3 N–H and O–H groups in total. The molecule has 160 valence electrons. The first-order valence-electron chi connectivity index (χ1n) is 10.5. The lowest BCUT2D eigenvalue weighted by Crippen LogP contribution is -2.46. The minimum absolute atomic E-state index is 0.714. The van der Waals surface area contributed by atoms with Gasteiger partial charge in [0.1, 0.15) is 6.04 Å². The van der Waals surface area contributed by atoms with E-state index in [1.54, 1.807) is 18.3 Å². The number of carboxylic acid groups (broad SMARTS) is 1. The van der Waals surface area contributed by atoms with Gasteiger partial charge in [0, 0.05) is 16.0 Å². The molecule has 4 nitrogen and oxygen atoms in total. The molecule has 1 aliphatic rings. The van der Waals surface area contributed by atoms with Crippen molar-refractivity contribution in [3.8, 4) is 22.3 Å². The monoisotopic (exact) mass is 441 g/mol. The molecule has 1 aromatic heterocycles. The van der Waals surface area contributed by atoms with Crippen LogP contribution in [0.15, 0.2) is 90.3 Å². The molecule has 0 bridgehead atoms. The van der Waals surface area contributed by atoms with Gasteiger partial charge in [-0.1, -0.05) is 72.8 Å². The fourth-order valence-corrected chi connectivity index (χ4v) is 5.43. The van der Waals surface area contributed by atoms with Crippen LogP contribution in [0.1, 0.15) is 22.9 Å². The van der Waals surface area contributed by atoms with Crippen LogP contribution in [0.5, 0.6) is 0 Å². The van der Waals surface area contributed by atoms with Crippen LogP contribution in [0, 0.1) is 0 Å². The Morgan fingerprint density at radius 2 is 1.62 bits per heavy atom. The lowest BCUT2D eigenvalue weighted by atomic mass is 9.87. The molecule has 0 aliphatic heterocycles. The van der Waals surface area contributed by atoms with Crippen molar-refractivity contribution in [3.05, 3.63) is 106 Å². The van der Waals surface area contributed by atoms with Gasteiger partial charge in [-0.15, -0.1) is 11.3 Å². The van der Waals surface area contributed by atoms with Crippen molar-refractivity contribution in [2.75, 3.05) is 0 Å². The molecule has 0 saturated heterocycles. The Morgan fingerprint density at radius 3 is 2.34 bits per heavy atom. The molecule has 4 aromatic rings. The summed E-state index contributed by atoms with van der Waals surface area (Å²) in [5.74, 6) is -1.08. The van der Waals surface area contributed by atoms with Gasteiger partial charge in [0.2, 0.25) is 0 Å². The Labute approximate surface area is 190 Å². The third-order valence-corrected chi connectivity index (χ3v) is 7.09. The molecule has 1 aliphatic carbocycles. The number of rotatable bonds is 6. The minimum Gasteiger partial charge on any atom is -0.480 e. The normalized spacial score (nSPS) is 18.6. The second kappa shape index (κ2) is 8.02. The highest BCUT2D eigenvalue weighted by Gasteiger charge is 2.48. The van der Waals surface area contributed by atoms with Crippen LogP contribution in [-0.4, -0.2) is 23.2 Å². The molecule has 0 radical (unpaired) electrons. The first kappa shape index (κ1) is 20.6. The van der Waals surface area contributed by atoms with Crippen LogP contribution in [0.4, 0.5) is 0 Å². The first-order chi connectivity index (χ1) is 15.5. The molecule has 0 saturated carbocycles. The highest BCUT2D eigenvalue weighted by molar-refractivity contribution is 7.10. The molecule has 3 atom stereocenters. The Balaban J connectivity index is 1.77. The van der Waals surface area contributed by atoms with Crippen molar-refractivity contribution in [1.29, 1.82) is 0 Å². The van der Waals surface area contributed by atoms with E-state index < -0.39 is 23.7 Å². The summed E-state index contributed by atoms with van der Waals surface area (Å²) in [6.07, 6.45) is -0.714. The zero-order chi connectivity index (χ0) is 22.3. The molecule has 5 rings (SSSR count). The number of aliphatic carboxylic acids is 1. The zero-order valence-electron chi connectivity index (χ0n) is 17.6. The number of fused-ring (bicyclic) bond motifs is 3. The summed E-state index contributed by atoms with van der Waals surface area (Å²) in [7, 11) is 0. The fourth-order valence-electron chi connectivity index (χ4n) is 4.53. The van der Waals surface area contributed by atoms with Crippen molar-refractivity contribution in [1.82, 2.24) is 0 Å². The van der Waals surface area contributed by atoms with E-state index in [1.165, 1.54) is 0 Å². The van der Waals surface area contributed by atoms with Gasteiger partial charge in [-0.2, -0.15) is 0 Å². The van der Waals surface area contributed by atoms with Crippen molar-refractivity contribution in [2.45, 2.75) is 24.7 Å². The van der Waals surface area contributed by atoms with Gasteiger partial charge in [-0.05, 0) is 46.7 Å². The number of carboxylic acids is 1. The van der Waals surface area contributed by atoms with Gasteiger partial charge in [-0.25, -0.2) is 0 Å². The van der Waals surface area contributed by atoms with E-state index in [-0.39, 0.29) is 0 Å². The standard InChI is InChI=1S/C27H23NO3S/c1-17(25(28)26(29)30)31-27(24-12-7-15-32-24)22-11-6-5-10-20(22)21-14-13-19(16-23(21)27)18-8-3-2-4-9-18/h2-17,25H,28H2,1H3,(H,29,30)/t17-,25+,27?/m1/s1.